The highest BCUT2D eigenvalue weighted by Gasteiger charge is 2.23. The van der Waals surface area contributed by atoms with E-state index in [4.69, 9.17) is 0 Å². The molecule has 1 aromatic heterocycles. The van der Waals surface area contributed by atoms with Crippen molar-refractivity contribution in [3.63, 3.8) is 0 Å². The summed E-state index contributed by atoms with van der Waals surface area (Å²) >= 11 is 0. The molecule has 3 rings (SSSR count). The molecule has 0 amide bonds. The molecule has 0 saturated carbocycles. The maximum absolute atomic E-state index is 12.8. The summed E-state index contributed by atoms with van der Waals surface area (Å²) in [6.07, 6.45) is 0. The van der Waals surface area contributed by atoms with E-state index < -0.39 is 0 Å². The molecule has 1 heterocycles. The van der Waals surface area contributed by atoms with Crippen molar-refractivity contribution in [3.05, 3.63) is 76.4 Å². The lowest BCUT2D eigenvalue weighted by Gasteiger charge is -2.12. The first-order valence-corrected chi connectivity index (χ1v) is 6.69. The number of fused-ring (bicyclic) bond motifs is 1. The van der Waals surface area contributed by atoms with E-state index in [0.29, 0.717) is 21.2 Å². The topological polar surface area (TPSA) is 56.9 Å². The number of carbonyl (C=O) groups is 1. The van der Waals surface area contributed by atoms with E-state index in [0.717, 1.165) is 5.56 Å². The Balaban J connectivity index is 2.32. The number of ketones is 1. The van der Waals surface area contributed by atoms with Gasteiger partial charge >= 0.3 is 0 Å². The maximum atomic E-state index is 12.8. The van der Waals surface area contributed by atoms with Crippen LogP contribution in [0, 0.1) is 19.1 Å². The van der Waals surface area contributed by atoms with Crippen molar-refractivity contribution < 1.29 is 9.52 Å². The van der Waals surface area contributed by atoms with Gasteiger partial charge in [-0.1, -0.05) is 36.4 Å². The van der Waals surface area contributed by atoms with Crippen LogP contribution >= 0.6 is 0 Å². The highest BCUT2D eigenvalue weighted by atomic mass is 16.5. The number of aromatic nitrogens is 2. The fourth-order valence-electron chi connectivity index (χ4n) is 2.43. The molecule has 0 aliphatic carbocycles. The summed E-state index contributed by atoms with van der Waals surface area (Å²) in [4.78, 5) is 17.0. The fourth-order valence-corrected chi connectivity index (χ4v) is 2.43. The van der Waals surface area contributed by atoms with Crippen molar-refractivity contribution in [2.24, 2.45) is 0 Å². The number of rotatable bonds is 2. The molecule has 0 unspecified atom stereocenters. The first kappa shape index (κ1) is 13.2. The third-order valence-electron chi connectivity index (χ3n) is 3.54. The molecule has 2 aromatic carbocycles. The van der Waals surface area contributed by atoms with Gasteiger partial charge < -0.3 is 5.21 Å². The number of aryl methyl sites for hydroxylation is 2. The quantitative estimate of drug-likeness (QED) is 0.411. The molecule has 0 aliphatic rings. The van der Waals surface area contributed by atoms with Crippen LogP contribution in [0.2, 0.25) is 0 Å². The monoisotopic (exact) mass is 278 g/mol. The molecule has 4 nitrogen and oxygen atoms in total. The zero-order chi connectivity index (χ0) is 15.0. The van der Waals surface area contributed by atoms with Crippen LogP contribution in [0.4, 0.5) is 0 Å². The summed E-state index contributed by atoms with van der Waals surface area (Å²) in [5.41, 5.74) is 2.17. The van der Waals surface area contributed by atoms with Crippen LogP contribution in [0.3, 0.4) is 0 Å². The van der Waals surface area contributed by atoms with Crippen LogP contribution in [0.25, 0.3) is 10.9 Å². The van der Waals surface area contributed by atoms with E-state index in [9.17, 15) is 10.0 Å². The highest BCUT2D eigenvalue weighted by Crippen LogP contribution is 2.19. The second-order valence-electron chi connectivity index (χ2n) is 4.96. The molecule has 0 N–H and O–H groups in total. The number of nitrogens with zero attached hydrogens (tertiary/aromatic N) is 2. The summed E-state index contributed by atoms with van der Waals surface area (Å²) in [7, 11) is 0. The van der Waals surface area contributed by atoms with Gasteiger partial charge in [-0.25, -0.2) is 4.73 Å². The highest BCUT2D eigenvalue weighted by molar-refractivity contribution is 6.14. The average molecular weight is 278 g/mol. The smallest absolute Gasteiger partial charge is 0.299 e. The van der Waals surface area contributed by atoms with Crippen molar-refractivity contribution >= 4 is 16.7 Å². The van der Waals surface area contributed by atoms with Gasteiger partial charge in [0.15, 0.2) is 11.2 Å². The standard InChI is InChI=1S/C17H14N2O2/c1-11-7-3-4-8-13(11)17(20)16-14-9-5-6-10-15(14)18-12(2)19(16)21/h3-10H,1-2H3. The lowest BCUT2D eigenvalue weighted by Crippen LogP contribution is -2.39. The van der Waals surface area contributed by atoms with E-state index in [1.165, 1.54) is 0 Å². The number of hydrogen-bond acceptors (Lipinski definition) is 3. The molecular formula is C17H14N2O2. The number of hydrogen-bond donors (Lipinski definition) is 0. The van der Waals surface area contributed by atoms with E-state index in [2.05, 4.69) is 4.98 Å². The molecule has 3 aromatic rings. The van der Waals surface area contributed by atoms with Gasteiger partial charge in [-0.05, 0) is 29.6 Å². The van der Waals surface area contributed by atoms with E-state index in [1.807, 2.05) is 25.1 Å². The molecule has 21 heavy (non-hydrogen) atoms. The van der Waals surface area contributed by atoms with Crippen molar-refractivity contribution in [2.75, 3.05) is 0 Å². The van der Waals surface area contributed by atoms with Crippen LogP contribution in [0.15, 0.2) is 48.5 Å². The minimum Gasteiger partial charge on any atom is -0.710 e. The van der Waals surface area contributed by atoms with Crippen LogP contribution in [0.1, 0.15) is 27.4 Å². The summed E-state index contributed by atoms with van der Waals surface area (Å²) in [5, 5.41) is 12.9. The predicted molar refractivity (Wildman–Crippen MR) is 80.1 cm³/mol. The second-order valence-corrected chi connectivity index (χ2v) is 4.96. The van der Waals surface area contributed by atoms with Gasteiger partial charge in [0.1, 0.15) is 0 Å². The molecule has 0 saturated heterocycles. The Kier molecular flexibility index (Phi) is 3.14. The van der Waals surface area contributed by atoms with Gasteiger partial charge in [0.2, 0.25) is 5.78 Å². The van der Waals surface area contributed by atoms with Gasteiger partial charge in [-0.15, -0.1) is 0 Å². The van der Waals surface area contributed by atoms with Crippen molar-refractivity contribution in [2.45, 2.75) is 13.8 Å². The minimum atomic E-state index is -0.273. The molecule has 0 fully saturated rings. The Morgan fingerprint density at radius 2 is 1.71 bits per heavy atom. The zero-order valence-electron chi connectivity index (χ0n) is 11.8. The van der Waals surface area contributed by atoms with Gasteiger partial charge in [0, 0.05) is 12.5 Å². The summed E-state index contributed by atoms with van der Waals surface area (Å²) in [6.45, 7) is 3.46. The molecule has 0 aliphatic heterocycles. The maximum Gasteiger partial charge on any atom is 0.299 e. The molecule has 0 spiro atoms. The Bertz CT molecular complexity index is 857. The molecule has 0 bridgehead atoms. The Morgan fingerprint density at radius 3 is 2.48 bits per heavy atom. The van der Waals surface area contributed by atoms with E-state index >= 15 is 0 Å². The van der Waals surface area contributed by atoms with Gasteiger partial charge in [-0.2, -0.15) is 0 Å². The average Bonchev–Trinajstić information content (AvgIpc) is 2.48. The first-order valence-electron chi connectivity index (χ1n) is 6.69. The Morgan fingerprint density at radius 1 is 1.05 bits per heavy atom. The summed E-state index contributed by atoms with van der Waals surface area (Å²) in [6, 6.07) is 14.5. The van der Waals surface area contributed by atoms with Gasteiger partial charge in [0.25, 0.3) is 5.82 Å². The van der Waals surface area contributed by atoms with Crippen LogP contribution in [-0.4, -0.2) is 10.8 Å². The van der Waals surface area contributed by atoms with Gasteiger partial charge in [-0.3, -0.25) is 4.79 Å². The lowest BCUT2D eigenvalue weighted by atomic mass is 10.00. The van der Waals surface area contributed by atoms with E-state index in [1.54, 1.807) is 37.3 Å². The summed E-state index contributed by atoms with van der Waals surface area (Å²) in [5.74, 6) is -0.00423. The first-order chi connectivity index (χ1) is 10.1. The number of para-hydroxylation sites is 1. The van der Waals surface area contributed by atoms with Crippen molar-refractivity contribution in [1.82, 2.24) is 4.98 Å². The Labute approximate surface area is 122 Å². The predicted octanol–water partition coefficient (Wildman–Crippen LogP) is 2.72. The molecule has 0 atom stereocenters. The normalized spacial score (nSPS) is 10.8. The fraction of sp³-hybridized carbons (Fsp3) is 0.118. The minimum absolute atomic E-state index is 0.132. The van der Waals surface area contributed by atoms with Crippen molar-refractivity contribution in [3.8, 4) is 0 Å². The SMILES string of the molecule is Cc1ccccc1C(=O)c1c2ccccc2nc(C)[n+]1[O-]. The van der Waals surface area contributed by atoms with Crippen LogP contribution in [-0.2, 0) is 0 Å². The van der Waals surface area contributed by atoms with Gasteiger partial charge in [0.05, 0.1) is 5.39 Å². The molecular weight excluding hydrogens is 264 g/mol. The summed E-state index contributed by atoms with van der Waals surface area (Å²) < 4.78 is 0.622. The third kappa shape index (κ3) is 2.14. The zero-order valence-corrected chi connectivity index (χ0v) is 11.8. The molecule has 4 heteroatoms. The lowest BCUT2D eigenvalue weighted by molar-refractivity contribution is -0.616. The largest absolute Gasteiger partial charge is 0.710 e. The Hall–Kier alpha value is -2.75. The third-order valence-corrected chi connectivity index (χ3v) is 3.54. The second kappa shape index (κ2) is 4.98. The van der Waals surface area contributed by atoms with E-state index in [-0.39, 0.29) is 17.3 Å². The molecule has 104 valence electrons. The van der Waals surface area contributed by atoms with Crippen LogP contribution < -0.4 is 4.73 Å². The van der Waals surface area contributed by atoms with Crippen LogP contribution in [0.5, 0.6) is 0 Å². The number of benzene rings is 2. The molecule has 0 radical (unpaired) electrons. The van der Waals surface area contributed by atoms with Crippen molar-refractivity contribution in [1.29, 1.82) is 0 Å². The number of carbonyl (C=O) groups excluding carboxylic acids is 1.